The van der Waals surface area contributed by atoms with Crippen LogP contribution in [-0.2, 0) is 6.54 Å². The molecule has 1 amide bonds. The van der Waals surface area contributed by atoms with E-state index in [0.717, 1.165) is 47.2 Å². The van der Waals surface area contributed by atoms with Crippen molar-refractivity contribution in [3.8, 4) is 5.75 Å². The molecule has 0 saturated carbocycles. The molecular formula is C23H27N3O3. The number of carbonyl (C=O) groups excluding carboxylic acids is 1. The maximum Gasteiger partial charge on any atom is 0.255 e. The third-order valence-electron chi connectivity index (χ3n) is 5.68. The molecule has 3 aromatic rings. The van der Waals surface area contributed by atoms with E-state index >= 15 is 0 Å². The van der Waals surface area contributed by atoms with Crippen molar-refractivity contribution in [2.24, 2.45) is 0 Å². The summed E-state index contributed by atoms with van der Waals surface area (Å²) >= 11 is 0. The molecule has 4 rings (SSSR count). The smallest absolute Gasteiger partial charge is 0.255 e. The van der Waals surface area contributed by atoms with E-state index in [4.69, 9.17) is 9.15 Å². The van der Waals surface area contributed by atoms with E-state index in [1.165, 1.54) is 0 Å². The summed E-state index contributed by atoms with van der Waals surface area (Å²) < 4.78 is 12.9. The van der Waals surface area contributed by atoms with Gasteiger partial charge in [0, 0.05) is 49.3 Å². The zero-order valence-electron chi connectivity index (χ0n) is 17.2. The molecule has 3 heterocycles. The lowest BCUT2D eigenvalue weighted by Gasteiger charge is -2.36. The lowest BCUT2D eigenvalue weighted by Crippen LogP contribution is -2.48. The van der Waals surface area contributed by atoms with Gasteiger partial charge in [0.15, 0.2) is 0 Å². The summed E-state index contributed by atoms with van der Waals surface area (Å²) in [5.41, 5.74) is 3.97. The van der Waals surface area contributed by atoms with Crippen molar-refractivity contribution in [3.63, 3.8) is 0 Å². The molecule has 1 aliphatic heterocycles. The first-order valence-corrected chi connectivity index (χ1v) is 9.94. The van der Waals surface area contributed by atoms with Crippen LogP contribution < -0.4 is 9.64 Å². The number of nitrogens with zero attached hydrogens (tertiary/aromatic N) is 3. The number of aromatic nitrogens is 1. The predicted octanol–water partition coefficient (Wildman–Crippen LogP) is 3.72. The van der Waals surface area contributed by atoms with Gasteiger partial charge in [-0.3, -0.25) is 4.79 Å². The van der Waals surface area contributed by atoms with Crippen LogP contribution >= 0.6 is 0 Å². The minimum atomic E-state index is 0.106. The number of hydrogen-bond donors (Lipinski definition) is 0. The highest BCUT2D eigenvalue weighted by molar-refractivity contribution is 5.96. The van der Waals surface area contributed by atoms with Gasteiger partial charge in [0.2, 0.25) is 0 Å². The summed E-state index contributed by atoms with van der Waals surface area (Å²) in [4.78, 5) is 17.4. The molecule has 0 bridgehead atoms. The summed E-state index contributed by atoms with van der Waals surface area (Å²) in [7, 11) is 1.68. The molecule has 0 aliphatic carbocycles. The van der Waals surface area contributed by atoms with Crippen molar-refractivity contribution >= 4 is 11.6 Å². The standard InChI is InChI=1S/C23H27N3O3/c1-17-14-22(18(2)26(17)16-21-8-5-13-29-21)23(27)25-11-9-24(10-12-25)19-6-4-7-20(15-19)28-3/h4-8,13-15H,9-12,16H2,1-3H3. The molecule has 1 aromatic carbocycles. The Morgan fingerprint density at radius 3 is 2.55 bits per heavy atom. The molecule has 1 aliphatic rings. The van der Waals surface area contributed by atoms with Gasteiger partial charge in [-0.2, -0.15) is 0 Å². The van der Waals surface area contributed by atoms with Crippen LogP contribution in [0.25, 0.3) is 0 Å². The Kier molecular flexibility index (Phi) is 5.34. The van der Waals surface area contributed by atoms with Crippen molar-refractivity contribution in [1.82, 2.24) is 9.47 Å². The number of aryl methyl sites for hydroxylation is 1. The zero-order valence-corrected chi connectivity index (χ0v) is 17.2. The van der Waals surface area contributed by atoms with Crippen LogP contribution in [0.15, 0.2) is 53.1 Å². The lowest BCUT2D eigenvalue weighted by molar-refractivity contribution is 0.0746. The first-order chi connectivity index (χ1) is 14.1. The maximum atomic E-state index is 13.2. The van der Waals surface area contributed by atoms with Crippen molar-refractivity contribution in [2.75, 3.05) is 38.2 Å². The van der Waals surface area contributed by atoms with Gasteiger partial charge in [-0.05, 0) is 44.2 Å². The number of piperazine rings is 1. The molecule has 2 aromatic heterocycles. The third-order valence-corrected chi connectivity index (χ3v) is 5.68. The summed E-state index contributed by atoms with van der Waals surface area (Å²) in [6.07, 6.45) is 1.68. The van der Waals surface area contributed by atoms with Gasteiger partial charge < -0.3 is 23.5 Å². The number of carbonyl (C=O) groups is 1. The molecule has 1 fully saturated rings. The number of methoxy groups -OCH3 is 1. The topological polar surface area (TPSA) is 50.9 Å². The Labute approximate surface area is 171 Å². The Morgan fingerprint density at radius 1 is 1.07 bits per heavy atom. The molecule has 0 unspecified atom stereocenters. The fraction of sp³-hybridized carbons (Fsp3) is 0.348. The lowest BCUT2D eigenvalue weighted by atomic mass is 10.2. The van der Waals surface area contributed by atoms with Gasteiger partial charge >= 0.3 is 0 Å². The van der Waals surface area contributed by atoms with Crippen LogP contribution in [0.2, 0.25) is 0 Å². The Bertz CT molecular complexity index is 983. The molecule has 0 N–H and O–H groups in total. The van der Waals surface area contributed by atoms with Crippen LogP contribution in [0.1, 0.15) is 27.5 Å². The Balaban J connectivity index is 1.44. The van der Waals surface area contributed by atoms with Crippen LogP contribution in [0.5, 0.6) is 5.75 Å². The fourth-order valence-electron chi connectivity index (χ4n) is 3.96. The first kappa shape index (κ1) is 19.2. The quantitative estimate of drug-likeness (QED) is 0.663. The minimum Gasteiger partial charge on any atom is -0.497 e. The van der Waals surface area contributed by atoms with Crippen LogP contribution in [0.3, 0.4) is 0 Å². The van der Waals surface area contributed by atoms with E-state index in [2.05, 4.69) is 15.5 Å². The molecule has 29 heavy (non-hydrogen) atoms. The summed E-state index contributed by atoms with van der Waals surface area (Å²) in [5.74, 6) is 1.84. The van der Waals surface area contributed by atoms with E-state index in [1.807, 2.05) is 55.1 Å². The van der Waals surface area contributed by atoms with Gasteiger partial charge in [-0.25, -0.2) is 0 Å². The molecule has 0 spiro atoms. The van der Waals surface area contributed by atoms with Crippen molar-refractivity contribution in [2.45, 2.75) is 20.4 Å². The summed E-state index contributed by atoms with van der Waals surface area (Å²) in [5, 5.41) is 0. The highest BCUT2D eigenvalue weighted by atomic mass is 16.5. The molecule has 6 heteroatoms. The average molecular weight is 393 g/mol. The van der Waals surface area contributed by atoms with Gasteiger partial charge in [0.1, 0.15) is 11.5 Å². The Hall–Kier alpha value is -3.15. The highest BCUT2D eigenvalue weighted by Crippen LogP contribution is 2.24. The van der Waals surface area contributed by atoms with Gasteiger partial charge in [-0.1, -0.05) is 6.07 Å². The van der Waals surface area contributed by atoms with Crippen molar-refractivity contribution in [3.05, 3.63) is 71.4 Å². The average Bonchev–Trinajstić information content (AvgIpc) is 3.37. The number of benzene rings is 1. The molecule has 6 nitrogen and oxygen atoms in total. The van der Waals surface area contributed by atoms with E-state index in [9.17, 15) is 4.79 Å². The molecule has 0 atom stereocenters. The minimum absolute atomic E-state index is 0.106. The van der Waals surface area contributed by atoms with Crippen LogP contribution in [0.4, 0.5) is 5.69 Å². The van der Waals surface area contributed by atoms with Crippen molar-refractivity contribution < 1.29 is 13.9 Å². The second-order valence-corrected chi connectivity index (χ2v) is 7.43. The van der Waals surface area contributed by atoms with Gasteiger partial charge in [-0.15, -0.1) is 0 Å². The molecular weight excluding hydrogens is 366 g/mol. The van der Waals surface area contributed by atoms with E-state index in [-0.39, 0.29) is 5.91 Å². The number of amides is 1. The second-order valence-electron chi connectivity index (χ2n) is 7.43. The van der Waals surface area contributed by atoms with E-state index in [0.29, 0.717) is 19.6 Å². The van der Waals surface area contributed by atoms with Gasteiger partial charge in [0.25, 0.3) is 5.91 Å². The number of rotatable bonds is 5. The summed E-state index contributed by atoms with van der Waals surface area (Å²) in [6.45, 7) is 7.72. The van der Waals surface area contributed by atoms with Crippen LogP contribution in [0, 0.1) is 13.8 Å². The number of furan rings is 1. The van der Waals surface area contributed by atoms with Crippen LogP contribution in [-0.4, -0.2) is 48.7 Å². The monoisotopic (exact) mass is 393 g/mol. The largest absolute Gasteiger partial charge is 0.497 e. The van der Waals surface area contributed by atoms with Crippen molar-refractivity contribution in [1.29, 1.82) is 0 Å². The molecule has 1 saturated heterocycles. The zero-order chi connectivity index (χ0) is 20.4. The predicted molar refractivity (Wildman–Crippen MR) is 113 cm³/mol. The third kappa shape index (κ3) is 3.88. The second kappa shape index (κ2) is 8.07. The maximum absolute atomic E-state index is 13.2. The number of ether oxygens (including phenoxy) is 1. The van der Waals surface area contributed by atoms with E-state index < -0.39 is 0 Å². The van der Waals surface area contributed by atoms with E-state index in [1.54, 1.807) is 13.4 Å². The molecule has 0 radical (unpaired) electrons. The Morgan fingerprint density at radius 2 is 1.86 bits per heavy atom. The van der Waals surface area contributed by atoms with Gasteiger partial charge in [0.05, 0.1) is 25.5 Å². The number of anilines is 1. The summed E-state index contributed by atoms with van der Waals surface area (Å²) in [6, 6.07) is 13.9. The SMILES string of the molecule is COc1cccc(N2CCN(C(=O)c3cc(C)n(Cc4ccco4)c3C)CC2)c1. The highest BCUT2D eigenvalue weighted by Gasteiger charge is 2.25. The first-order valence-electron chi connectivity index (χ1n) is 9.94. The fourth-order valence-corrected chi connectivity index (χ4v) is 3.96. The number of hydrogen-bond acceptors (Lipinski definition) is 4. The normalized spacial score (nSPS) is 14.3. The molecule has 152 valence electrons.